The normalized spacial score (nSPS) is 10.9. The summed E-state index contributed by atoms with van der Waals surface area (Å²) >= 11 is 0. The van der Waals surface area contributed by atoms with Gasteiger partial charge in [0.2, 0.25) is 0 Å². The molecule has 0 amide bonds. The van der Waals surface area contributed by atoms with Gasteiger partial charge in [-0.05, 0) is 25.0 Å². The lowest BCUT2D eigenvalue weighted by Crippen LogP contribution is -1.99. The van der Waals surface area contributed by atoms with E-state index in [1.165, 1.54) is 19.1 Å². The Bertz CT molecular complexity index is 178. The highest BCUT2D eigenvalue weighted by molar-refractivity contribution is 5.97. The fourth-order valence-electron chi connectivity index (χ4n) is 0.681. The van der Waals surface area contributed by atoms with Crippen molar-refractivity contribution in [2.24, 2.45) is 5.92 Å². The van der Waals surface area contributed by atoms with Crippen molar-refractivity contribution in [1.82, 2.24) is 0 Å². The highest BCUT2D eigenvalue weighted by Gasteiger charge is 1.99. The van der Waals surface area contributed by atoms with Crippen molar-refractivity contribution >= 4 is 11.6 Å². The fourth-order valence-corrected chi connectivity index (χ4v) is 0.681. The first kappa shape index (κ1) is 10.1. The molecular weight excluding hydrogens is 140 g/mol. The Labute approximate surface area is 67.3 Å². The SMILES string of the molecule is CC(=O)/C=C/C(=O)CC(C)C. The quantitative estimate of drug-likeness (QED) is 0.578. The van der Waals surface area contributed by atoms with E-state index in [1.807, 2.05) is 13.8 Å². The van der Waals surface area contributed by atoms with E-state index in [0.717, 1.165) is 0 Å². The average Bonchev–Trinajstić information content (AvgIpc) is 1.82. The predicted octanol–water partition coefficient (Wildman–Crippen LogP) is 1.75. The van der Waals surface area contributed by atoms with E-state index in [-0.39, 0.29) is 11.6 Å². The van der Waals surface area contributed by atoms with Crippen molar-refractivity contribution in [2.75, 3.05) is 0 Å². The van der Waals surface area contributed by atoms with Crippen LogP contribution >= 0.6 is 0 Å². The van der Waals surface area contributed by atoms with Gasteiger partial charge in [-0.1, -0.05) is 13.8 Å². The molecule has 0 aromatic rings. The molecule has 0 aliphatic heterocycles. The van der Waals surface area contributed by atoms with Crippen molar-refractivity contribution in [3.63, 3.8) is 0 Å². The third-order valence-electron chi connectivity index (χ3n) is 1.11. The summed E-state index contributed by atoms with van der Waals surface area (Å²) in [6, 6.07) is 0. The van der Waals surface area contributed by atoms with Gasteiger partial charge >= 0.3 is 0 Å². The lowest BCUT2D eigenvalue weighted by Gasteiger charge is -1.97. The molecule has 0 atom stereocenters. The number of carbonyl (C=O) groups is 2. The summed E-state index contributed by atoms with van der Waals surface area (Å²) in [7, 11) is 0. The molecule has 0 saturated heterocycles. The maximum Gasteiger partial charge on any atom is 0.156 e. The minimum absolute atomic E-state index is 0.0233. The molecule has 0 radical (unpaired) electrons. The largest absolute Gasteiger partial charge is 0.295 e. The standard InChI is InChI=1S/C9H14O2/c1-7(2)6-9(11)5-4-8(3)10/h4-5,7H,6H2,1-3H3/b5-4+. The van der Waals surface area contributed by atoms with Gasteiger partial charge in [0.05, 0.1) is 0 Å². The first-order valence-corrected chi connectivity index (χ1v) is 3.74. The van der Waals surface area contributed by atoms with Crippen LogP contribution in [0.4, 0.5) is 0 Å². The number of rotatable bonds is 4. The van der Waals surface area contributed by atoms with Crippen molar-refractivity contribution in [3.8, 4) is 0 Å². The Kier molecular flexibility index (Phi) is 4.42. The molecule has 0 heterocycles. The van der Waals surface area contributed by atoms with E-state index >= 15 is 0 Å². The zero-order chi connectivity index (χ0) is 8.85. The molecule has 0 unspecified atom stereocenters. The van der Waals surface area contributed by atoms with Crippen molar-refractivity contribution < 1.29 is 9.59 Å². The van der Waals surface area contributed by atoms with Crippen LogP contribution in [0.1, 0.15) is 27.2 Å². The van der Waals surface area contributed by atoms with Gasteiger partial charge in [-0.25, -0.2) is 0 Å². The minimum Gasteiger partial charge on any atom is -0.295 e. The molecule has 0 fully saturated rings. The monoisotopic (exact) mass is 154 g/mol. The first-order chi connectivity index (χ1) is 5.02. The number of hydrogen-bond acceptors (Lipinski definition) is 2. The predicted molar refractivity (Wildman–Crippen MR) is 44.3 cm³/mol. The number of allylic oxidation sites excluding steroid dienone is 2. The number of ketones is 2. The summed E-state index contributed by atoms with van der Waals surface area (Å²) in [5, 5.41) is 0. The van der Waals surface area contributed by atoms with Crippen LogP contribution in [0.15, 0.2) is 12.2 Å². The molecule has 0 N–H and O–H groups in total. The summed E-state index contributed by atoms with van der Waals surface area (Å²) in [4.78, 5) is 21.3. The molecule has 2 nitrogen and oxygen atoms in total. The molecule has 0 saturated carbocycles. The second-order valence-electron chi connectivity index (χ2n) is 3.01. The summed E-state index contributed by atoms with van der Waals surface area (Å²) in [5.41, 5.74) is 0. The molecule has 62 valence electrons. The van der Waals surface area contributed by atoms with Crippen LogP contribution < -0.4 is 0 Å². The van der Waals surface area contributed by atoms with Gasteiger partial charge in [-0.2, -0.15) is 0 Å². The Morgan fingerprint density at radius 1 is 1.27 bits per heavy atom. The van der Waals surface area contributed by atoms with E-state index in [9.17, 15) is 9.59 Å². The van der Waals surface area contributed by atoms with Crippen molar-refractivity contribution in [3.05, 3.63) is 12.2 Å². The van der Waals surface area contributed by atoms with Crippen LogP contribution in [0.3, 0.4) is 0 Å². The van der Waals surface area contributed by atoms with E-state index in [2.05, 4.69) is 0 Å². The lowest BCUT2D eigenvalue weighted by atomic mass is 10.1. The molecule has 2 heteroatoms. The molecule has 0 aliphatic rings. The maximum absolute atomic E-state index is 10.9. The number of carbonyl (C=O) groups excluding carboxylic acids is 2. The lowest BCUT2D eigenvalue weighted by molar-refractivity contribution is -0.116. The summed E-state index contributed by atoms with van der Waals surface area (Å²) in [6.45, 7) is 5.37. The van der Waals surface area contributed by atoms with Crippen LogP contribution in [0.25, 0.3) is 0 Å². The second-order valence-corrected chi connectivity index (χ2v) is 3.01. The van der Waals surface area contributed by atoms with Gasteiger partial charge in [-0.15, -0.1) is 0 Å². The van der Waals surface area contributed by atoms with Gasteiger partial charge in [-0.3, -0.25) is 9.59 Å². The van der Waals surface area contributed by atoms with E-state index in [0.29, 0.717) is 12.3 Å². The van der Waals surface area contributed by atoms with Gasteiger partial charge in [0, 0.05) is 6.42 Å². The Balaban J connectivity index is 3.78. The molecule has 0 aromatic carbocycles. The van der Waals surface area contributed by atoms with E-state index < -0.39 is 0 Å². The molecule has 0 spiro atoms. The van der Waals surface area contributed by atoms with Gasteiger partial charge in [0.1, 0.15) is 0 Å². The zero-order valence-electron chi connectivity index (χ0n) is 7.26. The minimum atomic E-state index is -0.0814. The zero-order valence-corrected chi connectivity index (χ0v) is 7.26. The third kappa shape index (κ3) is 6.97. The molecular formula is C9H14O2. The first-order valence-electron chi connectivity index (χ1n) is 3.74. The van der Waals surface area contributed by atoms with E-state index in [1.54, 1.807) is 0 Å². The van der Waals surface area contributed by atoms with Crippen LogP contribution in [-0.2, 0) is 9.59 Å². The van der Waals surface area contributed by atoms with Crippen molar-refractivity contribution in [1.29, 1.82) is 0 Å². The van der Waals surface area contributed by atoms with Crippen molar-refractivity contribution in [2.45, 2.75) is 27.2 Å². The highest BCUT2D eigenvalue weighted by atomic mass is 16.1. The smallest absolute Gasteiger partial charge is 0.156 e. The van der Waals surface area contributed by atoms with Crippen LogP contribution in [0.5, 0.6) is 0 Å². The maximum atomic E-state index is 10.9. The molecule has 0 bridgehead atoms. The number of hydrogen-bond donors (Lipinski definition) is 0. The van der Waals surface area contributed by atoms with Crippen LogP contribution in [0, 0.1) is 5.92 Å². The topological polar surface area (TPSA) is 34.1 Å². The second kappa shape index (κ2) is 4.83. The summed E-state index contributed by atoms with van der Waals surface area (Å²) in [6.07, 6.45) is 3.18. The molecule has 0 rings (SSSR count). The third-order valence-corrected chi connectivity index (χ3v) is 1.11. The van der Waals surface area contributed by atoms with Gasteiger partial charge < -0.3 is 0 Å². The molecule has 0 aromatic heterocycles. The van der Waals surface area contributed by atoms with Gasteiger partial charge in [0.15, 0.2) is 11.6 Å². The van der Waals surface area contributed by atoms with Crippen LogP contribution in [-0.4, -0.2) is 11.6 Å². The Hall–Kier alpha value is -0.920. The highest BCUT2D eigenvalue weighted by Crippen LogP contribution is 2.00. The van der Waals surface area contributed by atoms with E-state index in [4.69, 9.17) is 0 Å². The Morgan fingerprint density at radius 3 is 2.18 bits per heavy atom. The molecule has 11 heavy (non-hydrogen) atoms. The van der Waals surface area contributed by atoms with Gasteiger partial charge in [0.25, 0.3) is 0 Å². The molecule has 0 aliphatic carbocycles. The average molecular weight is 154 g/mol. The Morgan fingerprint density at radius 2 is 1.82 bits per heavy atom. The fraction of sp³-hybridized carbons (Fsp3) is 0.556. The van der Waals surface area contributed by atoms with Crippen LogP contribution in [0.2, 0.25) is 0 Å². The summed E-state index contributed by atoms with van der Waals surface area (Å²) in [5.74, 6) is 0.302. The summed E-state index contributed by atoms with van der Waals surface area (Å²) < 4.78 is 0.